The first-order chi connectivity index (χ1) is 11.9. The number of nitrogens with one attached hydrogen (secondary N) is 1. The standard InChI is InChI=1S/C17H23N7O/c1-11(16-12(2)20-22(4)13(16)3)19-17(25)23-6-5-7-24-15(10-23)8-14(9-18)21-24/h8,11H,5-7,10H2,1-4H3,(H,19,25). The molecule has 2 aromatic rings. The van der Waals surface area contributed by atoms with Crippen molar-refractivity contribution in [2.24, 2.45) is 7.05 Å². The van der Waals surface area contributed by atoms with E-state index in [2.05, 4.69) is 21.6 Å². The second-order valence-corrected chi connectivity index (χ2v) is 6.51. The average Bonchev–Trinajstić information content (AvgIpc) is 2.99. The summed E-state index contributed by atoms with van der Waals surface area (Å²) in [5, 5.41) is 20.7. The zero-order chi connectivity index (χ0) is 18.1. The maximum Gasteiger partial charge on any atom is 0.318 e. The molecule has 1 unspecified atom stereocenters. The first-order valence-electron chi connectivity index (χ1n) is 8.43. The summed E-state index contributed by atoms with van der Waals surface area (Å²) in [6.45, 7) is 7.78. The quantitative estimate of drug-likeness (QED) is 0.901. The number of carbonyl (C=O) groups is 1. The Morgan fingerprint density at radius 2 is 2.12 bits per heavy atom. The lowest BCUT2D eigenvalue weighted by molar-refractivity contribution is 0.192. The van der Waals surface area contributed by atoms with Crippen molar-refractivity contribution >= 4 is 6.03 Å². The molecule has 2 amide bonds. The van der Waals surface area contributed by atoms with Crippen molar-refractivity contribution in [1.29, 1.82) is 5.26 Å². The van der Waals surface area contributed by atoms with Gasteiger partial charge in [0.1, 0.15) is 6.07 Å². The van der Waals surface area contributed by atoms with E-state index in [0.717, 1.165) is 35.6 Å². The Bertz CT molecular complexity index is 842. The van der Waals surface area contributed by atoms with E-state index in [9.17, 15) is 4.79 Å². The summed E-state index contributed by atoms with van der Waals surface area (Å²) in [6.07, 6.45) is 0.812. The van der Waals surface area contributed by atoms with Gasteiger partial charge in [0, 0.05) is 31.4 Å². The minimum atomic E-state index is -0.121. The molecule has 1 aliphatic heterocycles. The van der Waals surface area contributed by atoms with Crippen molar-refractivity contribution < 1.29 is 4.79 Å². The second-order valence-electron chi connectivity index (χ2n) is 6.51. The monoisotopic (exact) mass is 341 g/mol. The fraction of sp³-hybridized carbons (Fsp3) is 0.529. The Labute approximate surface area is 147 Å². The normalized spacial score (nSPS) is 15.2. The maximum atomic E-state index is 12.7. The summed E-state index contributed by atoms with van der Waals surface area (Å²) >= 11 is 0. The molecule has 2 aromatic heterocycles. The first kappa shape index (κ1) is 17.0. The minimum Gasteiger partial charge on any atom is -0.331 e. The van der Waals surface area contributed by atoms with Crippen LogP contribution in [0.3, 0.4) is 0 Å². The number of urea groups is 1. The van der Waals surface area contributed by atoms with Crippen molar-refractivity contribution in [1.82, 2.24) is 29.8 Å². The number of hydrogen-bond acceptors (Lipinski definition) is 4. The zero-order valence-electron chi connectivity index (χ0n) is 15.1. The molecule has 25 heavy (non-hydrogen) atoms. The highest BCUT2D eigenvalue weighted by molar-refractivity contribution is 5.74. The lowest BCUT2D eigenvalue weighted by atomic mass is 10.1. The molecular weight excluding hydrogens is 318 g/mol. The third-order valence-corrected chi connectivity index (χ3v) is 4.75. The summed E-state index contributed by atoms with van der Waals surface area (Å²) in [4.78, 5) is 14.5. The lowest BCUT2D eigenvalue weighted by Crippen LogP contribution is -2.41. The molecule has 1 aliphatic rings. The molecule has 0 fully saturated rings. The molecule has 0 bridgehead atoms. The summed E-state index contributed by atoms with van der Waals surface area (Å²) in [5.41, 5.74) is 4.33. The third kappa shape index (κ3) is 3.22. The molecule has 1 atom stereocenters. The van der Waals surface area contributed by atoms with Crippen molar-refractivity contribution in [3.63, 3.8) is 0 Å². The van der Waals surface area contributed by atoms with E-state index in [-0.39, 0.29) is 12.1 Å². The van der Waals surface area contributed by atoms with E-state index in [4.69, 9.17) is 5.26 Å². The minimum absolute atomic E-state index is 0.108. The summed E-state index contributed by atoms with van der Waals surface area (Å²) < 4.78 is 3.66. The number of amides is 2. The van der Waals surface area contributed by atoms with Crippen LogP contribution < -0.4 is 5.32 Å². The predicted octanol–water partition coefficient (Wildman–Crippen LogP) is 1.78. The van der Waals surface area contributed by atoms with Gasteiger partial charge in [0.15, 0.2) is 5.69 Å². The van der Waals surface area contributed by atoms with Crippen LogP contribution in [-0.2, 0) is 20.1 Å². The highest BCUT2D eigenvalue weighted by Gasteiger charge is 2.24. The predicted molar refractivity (Wildman–Crippen MR) is 91.6 cm³/mol. The number of rotatable bonds is 2. The topological polar surface area (TPSA) is 91.8 Å². The van der Waals surface area contributed by atoms with E-state index >= 15 is 0 Å². The van der Waals surface area contributed by atoms with E-state index in [1.54, 1.807) is 11.0 Å². The van der Waals surface area contributed by atoms with Crippen molar-refractivity contribution in [2.45, 2.75) is 46.3 Å². The summed E-state index contributed by atoms with van der Waals surface area (Å²) in [5.74, 6) is 0. The van der Waals surface area contributed by atoms with Gasteiger partial charge in [0.05, 0.1) is 24.0 Å². The number of aromatic nitrogens is 4. The smallest absolute Gasteiger partial charge is 0.318 e. The van der Waals surface area contributed by atoms with Crippen molar-refractivity contribution in [3.05, 3.63) is 34.4 Å². The van der Waals surface area contributed by atoms with Crippen LogP contribution in [0.15, 0.2) is 6.07 Å². The van der Waals surface area contributed by atoms with E-state index < -0.39 is 0 Å². The van der Waals surface area contributed by atoms with Crippen LogP contribution in [-0.4, -0.2) is 37.0 Å². The Kier molecular flexibility index (Phi) is 4.49. The largest absolute Gasteiger partial charge is 0.331 e. The number of aryl methyl sites for hydroxylation is 3. The van der Waals surface area contributed by atoms with E-state index in [1.807, 2.05) is 37.2 Å². The van der Waals surface area contributed by atoms with Gasteiger partial charge in [-0.05, 0) is 33.3 Å². The van der Waals surface area contributed by atoms with Crippen LogP contribution in [0.25, 0.3) is 0 Å². The van der Waals surface area contributed by atoms with Crippen LogP contribution >= 0.6 is 0 Å². The number of carbonyl (C=O) groups excluding carboxylic acids is 1. The number of nitrogens with zero attached hydrogens (tertiary/aromatic N) is 6. The fourth-order valence-electron chi connectivity index (χ4n) is 3.46. The molecule has 0 radical (unpaired) electrons. The molecule has 0 aromatic carbocycles. The molecule has 0 saturated heterocycles. The van der Waals surface area contributed by atoms with Crippen LogP contribution in [0, 0.1) is 25.2 Å². The van der Waals surface area contributed by atoms with Gasteiger partial charge < -0.3 is 10.2 Å². The average molecular weight is 341 g/mol. The van der Waals surface area contributed by atoms with Crippen LogP contribution in [0.4, 0.5) is 4.79 Å². The van der Waals surface area contributed by atoms with Gasteiger partial charge >= 0.3 is 6.03 Å². The molecule has 0 spiro atoms. The van der Waals surface area contributed by atoms with E-state index in [0.29, 0.717) is 18.8 Å². The molecule has 0 aliphatic carbocycles. The molecule has 3 rings (SSSR count). The molecule has 8 heteroatoms. The third-order valence-electron chi connectivity index (χ3n) is 4.75. The highest BCUT2D eigenvalue weighted by atomic mass is 16.2. The van der Waals surface area contributed by atoms with Crippen molar-refractivity contribution in [3.8, 4) is 6.07 Å². The Balaban J connectivity index is 1.73. The molecule has 1 N–H and O–H groups in total. The van der Waals surface area contributed by atoms with Gasteiger partial charge in [-0.25, -0.2) is 4.79 Å². The summed E-state index contributed by atoms with van der Waals surface area (Å²) in [7, 11) is 1.91. The number of hydrogen-bond donors (Lipinski definition) is 1. The number of fused-ring (bicyclic) bond motifs is 1. The van der Waals surface area contributed by atoms with Crippen LogP contribution in [0.1, 0.15) is 47.7 Å². The van der Waals surface area contributed by atoms with Gasteiger partial charge in [-0.1, -0.05) is 0 Å². The molecule has 8 nitrogen and oxygen atoms in total. The van der Waals surface area contributed by atoms with Gasteiger partial charge in [-0.3, -0.25) is 9.36 Å². The molecule has 3 heterocycles. The Morgan fingerprint density at radius 1 is 1.36 bits per heavy atom. The van der Waals surface area contributed by atoms with Crippen LogP contribution in [0.5, 0.6) is 0 Å². The fourth-order valence-corrected chi connectivity index (χ4v) is 3.46. The molecule has 132 valence electrons. The van der Waals surface area contributed by atoms with Gasteiger partial charge in [-0.15, -0.1) is 0 Å². The van der Waals surface area contributed by atoms with Gasteiger partial charge in [0.2, 0.25) is 0 Å². The first-order valence-corrected chi connectivity index (χ1v) is 8.43. The SMILES string of the molecule is Cc1nn(C)c(C)c1C(C)NC(=O)N1CCCn2nc(C#N)cc2C1. The molecule has 0 saturated carbocycles. The summed E-state index contributed by atoms with van der Waals surface area (Å²) in [6, 6.07) is 3.58. The van der Waals surface area contributed by atoms with E-state index in [1.165, 1.54) is 0 Å². The Hall–Kier alpha value is -2.82. The Morgan fingerprint density at radius 3 is 2.76 bits per heavy atom. The maximum absolute atomic E-state index is 12.7. The van der Waals surface area contributed by atoms with Gasteiger partial charge in [0.25, 0.3) is 0 Å². The lowest BCUT2D eigenvalue weighted by Gasteiger charge is -2.23. The molecular formula is C17H23N7O. The van der Waals surface area contributed by atoms with Crippen LogP contribution in [0.2, 0.25) is 0 Å². The zero-order valence-corrected chi connectivity index (χ0v) is 15.1. The van der Waals surface area contributed by atoms with Gasteiger partial charge in [-0.2, -0.15) is 15.5 Å². The second kappa shape index (κ2) is 6.59. The van der Waals surface area contributed by atoms with Crippen molar-refractivity contribution in [2.75, 3.05) is 6.54 Å². The number of nitriles is 1. The highest BCUT2D eigenvalue weighted by Crippen LogP contribution is 2.21.